The average molecular weight is 437 g/mol. The summed E-state index contributed by atoms with van der Waals surface area (Å²) in [6.45, 7) is 4.66. The van der Waals surface area contributed by atoms with E-state index in [9.17, 15) is 4.79 Å². The van der Waals surface area contributed by atoms with Gasteiger partial charge in [0.2, 0.25) is 5.89 Å². The van der Waals surface area contributed by atoms with Crippen LogP contribution in [0.1, 0.15) is 23.9 Å². The number of esters is 1. The summed E-state index contributed by atoms with van der Waals surface area (Å²) in [6.07, 6.45) is 0.778. The molecule has 7 heteroatoms. The first-order valence-corrected chi connectivity index (χ1v) is 10.6. The Morgan fingerprint density at radius 2 is 1.78 bits per heavy atom. The van der Waals surface area contributed by atoms with Crippen LogP contribution in [-0.2, 0) is 32.0 Å². The van der Waals surface area contributed by atoms with Crippen molar-refractivity contribution in [3.63, 3.8) is 0 Å². The van der Waals surface area contributed by atoms with E-state index >= 15 is 0 Å². The van der Waals surface area contributed by atoms with Crippen LogP contribution in [-0.4, -0.2) is 37.1 Å². The Bertz CT molecular complexity index is 1040. The Hall–Kier alpha value is -3.16. The van der Waals surface area contributed by atoms with Gasteiger partial charge in [-0.3, -0.25) is 0 Å². The lowest BCUT2D eigenvalue weighted by molar-refractivity contribution is -0.272. The zero-order valence-electron chi connectivity index (χ0n) is 18.5. The van der Waals surface area contributed by atoms with Crippen molar-refractivity contribution in [3.8, 4) is 17.2 Å². The molecule has 0 spiro atoms. The molecule has 1 aliphatic rings. The van der Waals surface area contributed by atoms with Crippen LogP contribution in [0.4, 0.5) is 0 Å². The summed E-state index contributed by atoms with van der Waals surface area (Å²) in [5.74, 6) is 0.424. The molecule has 0 amide bonds. The maximum atomic E-state index is 11.8. The van der Waals surface area contributed by atoms with Gasteiger partial charge in [0.15, 0.2) is 0 Å². The molecule has 3 aromatic rings. The maximum absolute atomic E-state index is 11.8. The predicted molar refractivity (Wildman–Crippen MR) is 117 cm³/mol. The average Bonchev–Trinajstić information content (AvgIpc) is 3.20. The van der Waals surface area contributed by atoms with Crippen molar-refractivity contribution >= 4 is 5.97 Å². The van der Waals surface area contributed by atoms with E-state index in [2.05, 4.69) is 4.98 Å². The molecule has 1 saturated heterocycles. The highest BCUT2D eigenvalue weighted by atomic mass is 16.7. The van der Waals surface area contributed by atoms with E-state index in [-0.39, 0.29) is 5.92 Å². The Morgan fingerprint density at radius 1 is 1.09 bits per heavy atom. The molecule has 0 bridgehead atoms. The summed E-state index contributed by atoms with van der Waals surface area (Å²) < 4.78 is 27.7. The minimum absolute atomic E-state index is 0.161. The number of oxazole rings is 1. The van der Waals surface area contributed by atoms with Crippen molar-refractivity contribution in [1.29, 1.82) is 0 Å². The molecule has 2 aromatic carbocycles. The first kappa shape index (κ1) is 22.0. The Kier molecular flexibility index (Phi) is 6.58. The number of carbonyl (C=O) groups excluding carboxylic acids is 1. The molecule has 0 N–H and O–H groups in total. The number of nitrogens with zero attached hydrogens (tertiary/aromatic N) is 1. The fourth-order valence-electron chi connectivity index (χ4n) is 3.54. The van der Waals surface area contributed by atoms with Crippen LogP contribution in [0, 0.1) is 12.8 Å². The Balaban J connectivity index is 1.30. The van der Waals surface area contributed by atoms with Gasteiger partial charge in [-0.1, -0.05) is 30.3 Å². The zero-order chi connectivity index (χ0) is 22.6. The molecule has 7 nitrogen and oxygen atoms in total. The smallest absolute Gasteiger partial charge is 0.366 e. The van der Waals surface area contributed by atoms with Gasteiger partial charge < -0.3 is 23.4 Å². The molecule has 0 aliphatic carbocycles. The molecule has 0 saturated carbocycles. The second-order valence-electron chi connectivity index (χ2n) is 7.95. The number of aryl methyl sites for hydroxylation is 1. The van der Waals surface area contributed by atoms with Gasteiger partial charge in [-0.25, -0.2) is 9.78 Å². The third-order valence-electron chi connectivity index (χ3n) is 5.48. The van der Waals surface area contributed by atoms with Gasteiger partial charge in [-0.2, -0.15) is 0 Å². The summed E-state index contributed by atoms with van der Waals surface area (Å²) in [4.78, 5) is 16.3. The second-order valence-corrected chi connectivity index (χ2v) is 7.95. The summed E-state index contributed by atoms with van der Waals surface area (Å²) in [7, 11) is 1.32. The maximum Gasteiger partial charge on any atom is 0.366 e. The lowest BCUT2D eigenvalue weighted by atomic mass is 9.99. The monoisotopic (exact) mass is 437 g/mol. The first-order chi connectivity index (χ1) is 15.5. The summed E-state index contributed by atoms with van der Waals surface area (Å²) in [6, 6.07) is 17.7. The highest BCUT2D eigenvalue weighted by Gasteiger charge is 2.41. The number of benzene rings is 2. The van der Waals surface area contributed by atoms with Crippen molar-refractivity contribution in [2.75, 3.05) is 20.3 Å². The number of carbonyl (C=O) groups is 1. The van der Waals surface area contributed by atoms with Crippen LogP contribution in [0.15, 0.2) is 59.0 Å². The van der Waals surface area contributed by atoms with E-state index in [0.29, 0.717) is 25.7 Å². The van der Waals surface area contributed by atoms with Crippen LogP contribution < -0.4 is 4.74 Å². The van der Waals surface area contributed by atoms with E-state index in [1.807, 2.05) is 61.5 Å². The Labute approximate surface area is 187 Å². The van der Waals surface area contributed by atoms with Gasteiger partial charge in [0, 0.05) is 18.4 Å². The summed E-state index contributed by atoms with van der Waals surface area (Å²) in [5, 5.41) is 0. The number of methoxy groups -OCH3 is 1. The standard InChI is InChI=1S/C25H27NO6/c1-17-22(26-23(32-17)20-7-5-4-6-8-20)16-29-21-11-9-18(10-12-21)13-19-14-30-25(2,31-15-19)24(27)28-3/h4-12,19H,13-16H2,1-3H3/t19-,25-. The predicted octanol–water partition coefficient (Wildman–Crippen LogP) is 4.32. The fraction of sp³-hybridized carbons (Fsp3) is 0.360. The van der Waals surface area contributed by atoms with Crippen LogP contribution in [0.5, 0.6) is 5.75 Å². The molecule has 1 aromatic heterocycles. The molecule has 32 heavy (non-hydrogen) atoms. The largest absolute Gasteiger partial charge is 0.487 e. The van der Waals surface area contributed by atoms with Crippen molar-refractivity contribution in [3.05, 3.63) is 71.6 Å². The number of aromatic nitrogens is 1. The number of rotatable bonds is 7. The molecule has 1 aliphatic heterocycles. The van der Waals surface area contributed by atoms with Crippen molar-refractivity contribution in [2.45, 2.75) is 32.7 Å². The van der Waals surface area contributed by atoms with Gasteiger partial charge in [0.05, 0.1) is 20.3 Å². The summed E-state index contributed by atoms with van der Waals surface area (Å²) >= 11 is 0. The zero-order valence-corrected chi connectivity index (χ0v) is 18.5. The molecule has 0 atom stereocenters. The first-order valence-electron chi connectivity index (χ1n) is 10.6. The lowest BCUT2D eigenvalue weighted by Crippen LogP contribution is -2.48. The fourth-order valence-corrected chi connectivity index (χ4v) is 3.54. The van der Waals surface area contributed by atoms with Crippen molar-refractivity contribution < 1.29 is 28.2 Å². The van der Waals surface area contributed by atoms with E-state index in [4.69, 9.17) is 23.4 Å². The van der Waals surface area contributed by atoms with E-state index in [1.165, 1.54) is 7.11 Å². The minimum Gasteiger partial charge on any atom is -0.487 e. The van der Waals surface area contributed by atoms with Gasteiger partial charge in [0.1, 0.15) is 23.8 Å². The molecule has 4 rings (SSSR count). The van der Waals surface area contributed by atoms with Gasteiger partial charge in [0.25, 0.3) is 5.79 Å². The molecule has 1 fully saturated rings. The van der Waals surface area contributed by atoms with Gasteiger partial charge in [-0.15, -0.1) is 0 Å². The Morgan fingerprint density at radius 3 is 2.44 bits per heavy atom. The minimum atomic E-state index is -1.32. The third kappa shape index (κ3) is 5.00. The van der Waals surface area contributed by atoms with E-state index < -0.39 is 11.8 Å². The number of hydrogen-bond donors (Lipinski definition) is 0. The summed E-state index contributed by atoms with van der Waals surface area (Å²) in [5.41, 5.74) is 2.85. The van der Waals surface area contributed by atoms with Gasteiger partial charge >= 0.3 is 5.97 Å². The van der Waals surface area contributed by atoms with E-state index in [0.717, 1.165) is 34.8 Å². The third-order valence-corrected chi connectivity index (χ3v) is 5.48. The number of hydrogen-bond acceptors (Lipinski definition) is 7. The number of ether oxygens (including phenoxy) is 4. The van der Waals surface area contributed by atoms with Crippen LogP contribution in [0.2, 0.25) is 0 Å². The second kappa shape index (κ2) is 9.54. The highest BCUT2D eigenvalue weighted by molar-refractivity contribution is 5.77. The molecule has 168 valence electrons. The lowest BCUT2D eigenvalue weighted by Gasteiger charge is -2.35. The molecule has 0 radical (unpaired) electrons. The van der Waals surface area contributed by atoms with Gasteiger partial charge in [-0.05, 0) is 43.2 Å². The normalized spacial score (nSPS) is 20.7. The molecule has 0 unspecified atom stereocenters. The molecular formula is C25H27NO6. The van der Waals surface area contributed by atoms with Crippen LogP contribution in [0.25, 0.3) is 11.5 Å². The SMILES string of the molecule is COC(=O)[C@]1(C)OC[C@@H](Cc2ccc(OCc3nc(-c4ccccc4)oc3C)cc2)CO1. The van der Waals surface area contributed by atoms with E-state index in [1.54, 1.807) is 6.92 Å². The highest BCUT2D eigenvalue weighted by Crippen LogP contribution is 2.26. The van der Waals surface area contributed by atoms with Crippen molar-refractivity contribution in [1.82, 2.24) is 4.98 Å². The van der Waals surface area contributed by atoms with Crippen molar-refractivity contribution in [2.24, 2.45) is 5.92 Å². The van der Waals surface area contributed by atoms with Crippen LogP contribution >= 0.6 is 0 Å². The topological polar surface area (TPSA) is 80.0 Å². The quantitative estimate of drug-likeness (QED) is 0.509. The molecular weight excluding hydrogens is 410 g/mol. The molecule has 2 heterocycles. The van der Waals surface area contributed by atoms with Crippen LogP contribution in [0.3, 0.4) is 0 Å².